The van der Waals surface area contributed by atoms with Gasteiger partial charge >= 0.3 is 5.97 Å². The van der Waals surface area contributed by atoms with E-state index in [1.807, 2.05) is 18.2 Å². The van der Waals surface area contributed by atoms with E-state index in [4.69, 9.17) is 4.74 Å². The van der Waals surface area contributed by atoms with Crippen LogP contribution in [-0.2, 0) is 9.47 Å². The fraction of sp³-hybridized carbons (Fsp3) is 0.250. The smallest absolute Gasteiger partial charge is 0.337 e. The van der Waals surface area contributed by atoms with Crippen molar-refractivity contribution in [1.82, 2.24) is 0 Å². The van der Waals surface area contributed by atoms with Gasteiger partial charge in [-0.15, -0.1) is 0 Å². The molecule has 78 valence electrons. The molecule has 1 heterocycles. The third kappa shape index (κ3) is 2.01. The van der Waals surface area contributed by atoms with Crippen LogP contribution in [-0.4, -0.2) is 13.1 Å². The van der Waals surface area contributed by atoms with Crippen LogP contribution >= 0.6 is 0 Å². The predicted octanol–water partition coefficient (Wildman–Crippen LogP) is 2.45. The number of hydrogen-bond acceptors (Lipinski definition) is 3. The van der Waals surface area contributed by atoms with Gasteiger partial charge in [-0.3, -0.25) is 0 Å². The lowest BCUT2D eigenvalue weighted by Gasteiger charge is -2.10. The number of carbonyl (C=O) groups is 1. The molecule has 0 saturated heterocycles. The van der Waals surface area contributed by atoms with Crippen molar-refractivity contribution < 1.29 is 14.3 Å². The summed E-state index contributed by atoms with van der Waals surface area (Å²) in [6.45, 7) is 0. The lowest BCUT2D eigenvalue weighted by Crippen LogP contribution is -2.02. The van der Waals surface area contributed by atoms with E-state index in [2.05, 4.69) is 4.74 Å². The molecule has 1 unspecified atom stereocenters. The summed E-state index contributed by atoms with van der Waals surface area (Å²) < 4.78 is 9.99. The highest BCUT2D eigenvalue weighted by Crippen LogP contribution is 2.26. The van der Waals surface area contributed by atoms with E-state index in [0.29, 0.717) is 5.56 Å². The van der Waals surface area contributed by atoms with Gasteiger partial charge in [0.25, 0.3) is 0 Å². The Kier molecular flexibility index (Phi) is 2.72. The van der Waals surface area contributed by atoms with E-state index in [0.717, 1.165) is 12.0 Å². The molecular weight excluding hydrogens is 192 g/mol. The molecule has 0 bridgehead atoms. The summed E-state index contributed by atoms with van der Waals surface area (Å²) in [6.07, 6.45) is 4.67. The fourth-order valence-corrected chi connectivity index (χ4v) is 1.55. The van der Waals surface area contributed by atoms with Gasteiger partial charge in [0.15, 0.2) is 0 Å². The zero-order valence-electron chi connectivity index (χ0n) is 8.47. The average molecular weight is 204 g/mol. The minimum Gasteiger partial charge on any atom is -0.493 e. The monoisotopic (exact) mass is 204 g/mol. The van der Waals surface area contributed by atoms with Crippen molar-refractivity contribution in [2.45, 2.75) is 12.5 Å². The Morgan fingerprint density at radius 2 is 2.13 bits per heavy atom. The van der Waals surface area contributed by atoms with Crippen LogP contribution in [0.5, 0.6) is 0 Å². The number of hydrogen-bond donors (Lipinski definition) is 0. The van der Waals surface area contributed by atoms with Crippen LogP contribution in [0, 0.1) is 0 Å². The van der Waals surface area contributed by atoms with Crippen molar-refractivity contribution in [1.29, 1.82) is 0 Å². The van der Waals surface area contributed by atoms with Gasteiger partial charge in [0.1, 0.15) is 6.10 Å². The Hall–Kier alpha value is -1.77. The van der Waals surface area contributed by atoms with Gasteiger partial charge in [0.05, 0.1) is 18.9 Å². The molecule has 0 N–H and O–H groups in total. The van der Waals surface area contributed by atoms with Crippen LogP contribution in [0.25, 0.3) is 0 Å². The molecule has 0 aliphatic carbocycles. The second-order valence-corrected chi connectivity index (χ2v) is 3.35. The Morgan fingerprint density at radius 3 is 2.67 bits per heavy atom. The van der Waals surface area contributed by atoms with Crippen molar-refractivity contribution in [2.24, 2.45) is 0 Å². The lowest BCUT2D eigenvalue weighted by molar-refractivity contribution is 0.0600. The maximum atomic E-state index is 11.2. The fourth-order valence-electron chi connectivity index (χ4n) is 1.55. The van der Waals surface area contributed by atoms with Gasteiger partial charge in [0.2, 0.25) is 0 Å². The molecule has 0 spiro atoms. The summed E-state index contributed by atoms with van der Waals surface area (Å²) in [5.74, 6) is -0.313. The number of carbonyl (C=O) groups excluding carboxylic acids is 1. The van der Waals surface area contributed by atoms with Crippen LogP contribution < -0.4 is 0 Å². The highest BCUT2D eigenvalue weighted by atomic mass is 16.5. The van der Waals surface area contributed by atoms with Crippen molar-refractivity contribution >= 4 is 5.97 Å². The maximum Gasteiger partial charge on any atom is 0.337 e. The van der Waals surface area contributed by atoms with Gasteiger partial charge in [-0.1, -0.05) is 12.1 Å². The molecule has 1 aliphatic heterocycles. The third-order valence-corrected chi connectivity index (χ3v) is 2.39. The largest absolute Gasteiger partial charge is 0.493 e. The zero-order chi connectivity index (χ0) is 10.7. The molecule has 1 aromatic rings. The number of methoxy groups -OCH3 is 1. The molecule has 0 fully saturated rings. The van der Waals surface area contributed by atoms with Gasteiger partial charge in [-0.2, -0.15) is 0 Å². The quantitative estimate of drug-likeness (QED) is 0.694. The van der Waals surface area contributed by atoms with E-state index >= 15 is 0 Å². The van der Waals surface area contributed by atoms with Crippen LogP contribution in [0.1, 0.15) is 28.4 Å². The van der Waals surface area contributed by atoms with Crippen molar-refractivity contribution in [2.75, 3.05) is 7.11 Å². The lowest BCUT2D eigenvalue weighted by atomic mass is 10.1. The van der Waals surface area contributed by atoms with Crippen molar-refractivity contribution in [3.8, 4) is 0 Å². The SMILES string of the molecule is COC(=O)c1ccc(C2CC=CO2)cc1. The molecule has 0 saturated carbocycles. The number of rotatable bonds is 2. The second kappa shape index (κ2) is 4.17. The first-order valence-electron chi connectivity index (χ1n) is 4.80. The zero-order valence-corrected chi connectivity index (χ0v) is 8.47. The van der Waals surface area contributed by atoms with Crippen LogP contribution in [0.15, 0.2) is 36.6 Å². The first-order chi connectivity index (χ1) is 7.31. The molecule has 2 rings (SSSR count). The predicted molar refractivity (Wildman–Crippen MR) is 55.4 cm³/mol. The molecule has 3 heteroatoms. The van der Waals surface area contributed by atoms with Crippen molar-refractivity contribution in [3.05, 3.63) is 47.7 Å². The first kappa shape index (κ1) is 9.77. The van der Waals surface area contributed by atoms with Crippen LogP contribution in [0.3, 0.4) is 0 Å². The Morgan fingerprint density at radius 1 is 1.40 bits per heavy atom. The topological polar surface area (TPSA) is 35.5 Å². The first-order valence-corrected chi connectivity index (χ1v) is 4.80. The van der Waals surface area contributed by atoms with Gasteiger partial charge in [-0.25, -0.2) is 4.79 Å². The van der Waals surface area contributed by atoms with E-state index < -0.39 is 0 Å². The number of benzene rings is 1. The van der Waals surface area contributed by atoms with Gasteiger partial charge in [0, 0.05) is 6.42 Å². The van der Waals surface area contributed by atoms with E-state index in [1.54, 1.807) is 18.4 Å². The molecule has 15 heavy (non-hydrogen) atoms. The number of esters is 1. The average Bonchev–Trinajstić information content (AvgIpc) is 2.82. The molecule has 1 aromatic carbocycles. The highest BCUT2D eigenvalue weighted by Gasteiger charge is 2.14. The molecule has 3 nitrogen and oxygen atoms in total. The van der Waals surface area contributed by atoms with Gasteiger partial charge in [-0.05, 0) is 23.8 Å². The summed E-state index contributed by atoms with van der Waals surface area (Å²) in [6, 6.07) is 7.29. The minimum atomic E-state index is -0.313. The molecule has 1 atom stereocenters. The molecule has 0 aromatic heterocycles. The summed E-state index contributed by atoms with van der Waals surface area (Å²) >= 11 is 0. The highest BCUT2D eigenvalue weighted by molar-refractivity contribution is 5.89. The summed E-state index contributed by atoms with van der Waals surface area (Å²) in [5.41, 5.74) is 1.64. The van der Waals surface area contributed by atoms with E-state index in [9.17, 15) is 4.79 Å². The molecular formula is C12H12O3. The van der Waals surface area contributed by atoms with Crippen LogP contribution in [0.2, 0.25) is 0 Å². The molecule has 1 aliphatic rings. The third-order valence-electron chi connectivity index (χ3n) is 2.39. The summed E-state index contributed by atoms with van der Waals surface area (Å²) in [5, 5.41) is 0. The number of ether oxygens (including phenoxy) is 2. The molecule has 0 amide bonds. The normalized spacial score (nSPS) is 18.6. The minimum absolute atomic E-state index is 0.0942. The van der Waals surface area contributed by atoms with Crippen LogP contribution in [0.4, 0.5) is 0 Å². The summed E-state index contributed by atoms with van der Waals surface area (Å²) in [7, 11) is 1.38. The Bertz CT molecular complexity index is 370. The Balaban J connectivity index is 2.13. The van der Waals surface area contributed by atoms with Gasteiger partial charge < -0.3 is 9.47 Å². The van der Waals surface area contributed by atoms with E-state index in [1.165, 1.54) is 7.11 Å². The standard InChI is InChI=1S/C12H12O3/c1-14-12(13)10-6-4-9(5-7-10)11-3-2-8-15-11/h2,4-8,11H,3H2,1H3. The van der Waals surface area contributed by atoms with E-state index in [-0.39, 0.29) is 12.1 Å². The molecule has 0 radical (unpaired) electrons. The van der Waals surface area contributed by atoms with Crippen molar-refractivity contribution in [3.63, 3.8) is 0 Å². The second-order valence-electron chi connectivity index (χ2n) is 3.35. The summed E-state index contributed by atoms with van der Waals surface area (Å²) in [4.78, 5) is 11.2. The maximum absolute atomic E-state index is 11.2. The Labute approximate surface area is 88.3 Å².